The molecule has 1 atom stereocenters. The molecular formula is C14H21N3O. The second-order valence-electron chi connectivity index (χ2n) is 4.78. The van der Waals surface area contributed by atoms with Crippen molar-refractivity contribution in [2.24, 2.45) is 0 Å². The molecule has 2 rings (SSSR count). The Bertz CT molecular complexity index is 374. The van der Waals surface area contributed by atoms with Gasteiger partial charge < -0.3 is 10.2 Å². The maximum Gasteiger partial charge on any atom is 0.254 e. The molecule has 1 fully saturated rings. The fourth-order valence-electron chi connectivity index (χ4n) is 2.40. The summed E-state index contributed by atoms with van der Waals surface area (Å²) in [6.07, 6.45) is 6.72. The number of pyridine rings is 1. The molecule has 0 aliphatic carbocycles. The first-order valence-electron chi connectivity index (χ1n) is 6.74. The monoisotopic (exact) mass is 247 g/mol. The van der Waals surface area contributed by atoms with Crippen LogP contribution in [0.5, 0.6) is 0 Å². The summed E-state index contributed by atoms with van der Waals surface area (Å²) in [4.78, 5) is 18.3. The van der Waals surface area contributed by atoms with E-state index >= 15 is 0 Å². The van der Waals surface area contributed by atoms with Gasteiger partial charge in [0.25, 0.3) is 5.91 Å². The second kappa shape index (κ2) is 6.50. The van der Waals surface area contributed by atoms with Crippen LogP contribution in [0.3, 0.4) is 0 Å². The number of hydrogen-bond donors (Lipinski definition) is 1. The fourth-order valence-corrected chi connectivity index (χ4v) is 2.40. The Kier molecular flexibility index (Phi) is 4.70. The van der Waals surface area contributed by atoms with E-state index in [2.05, 4.69) is 17.2 Å². The van der Waals surface area contributed by atoms with E-state index in [1.54, 1.807) is 24.5 Å². The maximum atomic E-state index is 12.4. The summed E-state index contributed by atoms with van der Waals surface area (Å²) in [5.41, 5.74) is 0.733. The minimum absolute atomic E-state index is 0.118. The molecular weight excluding hydrogens is 226 g/mol. The molecule has 18 heavy (non-hydrogen) atoms. The van der Waals surface area contributed by atoms with Gasteiger partial charge in [0.15, 0.2) is 0 Å². The topological polar surface area (TPSA) is 45.2 Å². The van der Waals surface area contributed by atoms with E-state index in [9.17, 15) is 4.79 Å². The number of nitrogens with zero attached hydrogens (tertiary/aromatic N) is 2. The van der Waals surface area contributed by atoms with Crippen LogP contribution in [0.15, 0.2) is 24.5 Å². The highest BCUT2D eigenvalue weighted by atomic mass is 16.2. The largest absolute Gasteiger partial charge is 0.337 e. The van der Waals surface area contributed by atoms with Crippen LogP contribution in [0.25, 0.3) is 0 Å². The Morgan fingerprint density at radius 2 is 2.28 bits per heavy atom. The number of nitrogens with one attached hydrogen (secondary N) is 1. The fraction of sp³-hybridized carbons (Fsp3) is 0.571. The van der Waals surface area contributed by atoms with Crippen molar-refractivity contribution in [1.82, 2.24) is 15.2 Å². The van der Waals surface area contributed by atoms with Crippen LogP contribution in [0.2, 0.25) is 0 Å². The highest BCUT2D eigenvalue weighted by Crippen LogP contribution is 2.10. The van der Waals surface area contributed by atoms with Crippen LogP contribution in [0, 0.1) is 0 Å². The third-order valence-electron chi connectivity index (χ3n) is 3.31. The Labute approximate surface area is 108 Å². The van der Waals surface area contributed by atoms with Crippen molar-refractivity contribution in [3.63, 3.8) is 0 Å². The highest BCUT2D eigenvalue weighted by Gasteiger charge is 2.21. The first kappa shape index (κ1) is 13.0. The smallest absolute Gasteiger partial charge is 0.254 e. The van der Waals surface area contributed by atoms with Crippen LogP contribution in [0.1, 0.15) is 36.5 Å². The number of carbonyl (C=O) groups excluding carboxylic acids is 1. The van der Waals surface area contributed by atoms with E-state index in [1.165, 1.54) is 12.8 Å². The van der Waals surface area contributed by atoms with Gasteiger partial charge in [-0.05, 0) is 37.9 Å². The molecule has 1 saturated heterocycles. The van der Waals surface area contributed by atoms with E-state index in [0.717, 1.165) is 31.6 Å². The number of amides is 1. The summed E-state index contributed by atoms with van der Waals surface area (Å²) in [6.45, 7) is 4.82. The highest BCUT2D eigenvalue weighted by molar-refractivity contribution is 5.94. The minimum Gasteiger partial charge on any atom is -0.337 e. The lowest BCUT2D eigenvalue weighted by molar-refractivity contribution is 0.0742. The lowest BCUT2D eigenvalue weighted by Gasteiger charge is -2.25. The molecule has 1 aromatic heterocycles. The third kappa shape index (κ3) is 3.29. The van der Waals surface area contributed by atoms with E-state index in [-0.39, 0.29) is 5.91 Å². The zero-order valence-corrected chi connectivity index (χ0v) is 10.9. The van der Waals surface area contributed by atoms with E-state index in [4.69, 9.17) is 0 Å². The Hall–Kier alpha value is -1.42. The van der Waals surface area contributed by atoms with E-state index in [1.807, 2.05) is 4.90 Å². The summed E-state index contributed by atoms with van der Waals surface area (Å²) in [5.74, 6) is 0.118. The summed E-state index contributed by atoms with van der Waals surface area (Å²) in [6, 6.07) is 4.03. The molecule has 0 spiro atoms. The van der Waals surface area contributed by atoms with Crippen molar-refractivity contribution in [1.29, 1.82) is 0 Å². The molecule has 1 aliphatic heterocycles. The normalized spacial score (nSPS) is 18.8. The van der Waals surface area contributed by atoms with Gasteiger partial charge in [0.2, 0.25) is 0 Å². The minimum atomic E-state index is 0.118. The van der Waals surface area contributed by atoms with Crippen LogP contribution < -0.4 is 5.32 Å². The van der Waals surface area contributed by atoms with Crippen LogP contribution in [0.4, 0.5) is 0 Å². The molecule has 1 aromatic rings. The first-order chi connectivity index (χ1) is 8.81. The molecule has 98 valence electrons. The summed E-state index contributed by atoms with van der Waals surface area (Å²) < 4.78 is 0. The lowest BCUT2D eigenvalue weighted by atomic mass is 10.1. The van der Waals surface area contributed by atoms with Gasteiger partial charge in [0.05, 0.1) is 0 Å². The van der Waals surface area contributed by atoms with Crippen molar-refractivity contribution in [2.45, 2.75) is 32.2 Å². The standard InChI is InChI=1S/C14H21N3O/c1-2-10-17(11-13-4-3-7-16-13)14(18)12-5-8-15-9-6-12/h5-6,8-9,13,16H,2-4,7,10-11H2,1H3. The van der Waals surface area contributed by atoms with Crippen LogP contribution >= 0.6 is 0 Å². The quantitative estimate of drug-likeness (QED) is 0.861. The van der Waals surface area contributed by atoms with E-state index in [0.29, 0.717) is 6.04 Å². The third-order valence-corrected chi connectivity index (χ3v) is 3.31. The number of carbonyl (C=O) groups is 1. The van der Waals surface area contributed by atoms with Gasteiger partial charge in [0.1, 0.15) is 0 Å². The summed E-state index contributed by atoms with van der Waals surface area (Å²) in [5, 5.41) is 3.45. The summed E-state index contributed by atoms with van der Waals surface area (Å²) in [7, 11) is 0. The van der Waals surface area contributed by atoms with Gasteiger partial charge in [-0.2, -0.15) is 0 Å². The van der Waals surface area contributed by atoms with Crippen molar-refractivity contribution in [2.75, 3.05) is 19.6 Å². The van der Waals surface area contributed by atoms with Crippen molar-refractivity contribution in [3.8, 4) is 0 Å². The van der Waals surface area contributed by atoms with Crippen LogP contribution in [-0.4, -0.2) is 41.5 Å². The van der Waals surface area contributed by atoms with Gasteiger partial charge in [-0.3, -0.25) is 9.78 Å². The molecule has 0 aromatic carbocycles. The molecule has 2 heterocycles. The number of hydrogen-bond acceptors (Lipinski definition) is 3. The predicted octanol–water partition coefficient (Wildman–Crippen LogP) is 1.69. The van der Waals surface area contributed by atoms with E-state index < -0.39 is 0 Å². The SMILES string of the molecule is CCCN(CC1CCCN1)C(=O)c1ccncc1. The lowest BCUT2D eigenvalue weighted by Crippen LogP contribution is -2.41. The number of aromatic nitrogens is 1. The molecule has 1 unspecified atom stereocenters. The molecule has 4 heteroatoms. The van der Waals surface area contributed by atoms with Gasteiger partial charge >= 0.3 is 0 Å². The molecule has 0 bridgehead atoms. The average molecular weight is 247 g/mol. The van der Waals surface area contributed by atoms with Crippen molar-refractivity contribution >= 4 is 5.91 Å². The average Bonchev–Trinajstić information content (AvgIpc) is 2.91. The molecule has 0 saturated carbocycles. The first-order valence-corrected chi connectivity index (χ1v) is 6.74. The predicted molar refractivity (Wildman–Crippen MR) is 71.5 cm³/mol. The Balaban J connectivity index is 2.02. The van der Waals surface area contributed by atoms with Gasteiger partial charge in [-0.1, -0.05) is 6.92 Å². The maximum absolute atomic E-state index is 12.4. The number of rotatable bonds is 5. The van der Waals surface area contributed by atoms with Gasteiger partial charge in [-0.25, -0.2) is 0 Å². The van der Waals surface area contributed by atoms with Gasteiger partial charge in [0, 0.05) is 37.1 Å². The zero-order chi connectivity index (χ0) is 12.8. The molecule has 1 amide bonds. The molecule has 1 aliphatic rings. The summed E-state index contributed by atoms with van der Waals surface area (Å²) >= 11 is 0. The van der Waals surface area contributed by atoms with Crippen LogP contribution in [-0.2, 0) is 0 Å². The van der Waals surface area contributed by atoms with Crippen molar-refractivity contribution < 1.29 is 4.79 Å². The Morgan fingerprint density at radius 1 is 1.50 bits per heavy atom. The van der Waals surface area contributed by atoms with Crippen molar-refractivity contribution in [3.05, 3.63) is 30.1 Å². The molecule has 0 radical (unpaired) electrons. The van der Waals surface area contributed by atoms with Gasteiger partial charge in [-0.15, -0.1) is 0 Å². The second-order valence-corrected chi connectivity index (χ2v) is 4.78. The molecule has 1 N–H and O–H groups in total. The molecule has 4 nitrogen and oxygen atoms in total. The zero-order valence-electron chi connectivity index (χ0n) is 10.9. The Morgan fingerprint density at radius 3 is 2.89 bits per heavy atom.